The molecule has 1 aliphatic heterocycles. The van der Waals surface area contributed by atoms with Crippen molar-refractivity contribution < 1.29 is 4.79 Å². The first-order valence-electron chi connectivity index (χ1n) is 7.16. The summed E-state index contributed by atoms with van der Waals surface area (Å²) in [7, 11) is 0. The molecule has 1 saturated heterocycles. The molecule has 1 fully saturated rings. The van der Waals surface area contributed by atoms with E-state index in [0.29, 0.717) is 0 Å². The molecule has 0 spiro atoms. The van der Waals surface area contributed by atoms with E-state index in [9.17, 15) is 4.79 Å². The highest BCUT2D eigenvalue weighted by Crippen LogP contribution is 2.20. The fraction of sp³-hybridized carbons (Fsp3) is 0.667. The number of piperidine rings is 1. The summed E-state index contributed by atoms with van der Waals surface area (Å²) in [5.74, 6) is 0.758. The molecule has 0 saturated carbocycles. The maximum Gasteiger partial charge on any atom is 0.320 e. The third-order valence-corrected chi connectivity index (χ3v) is 4.69. The fourth-order valence-electron chi connectivity index (χ4n) is 2.42. The summed E-state index contributed by atoms with van der Waals surface area (Å²) < 4.78 is 0. The molecule has 1 aromatic heterocycles. The molecule has 1 aliphatic rings. The molecule has 3 nitrogen and oxygen atoms in total. The molecule has 0 aliphatic carbocycles. The van der Waals surface area contributed by atoms with E-state index in [0.717, 1.165) is 38.4 Å². The Balaban J connectivity index is 2.00. The van der Waals surface area contributed by atoms with Gasteiger partial charge < -0.3 is 9.80 Å². The van der Waals surface area contributed by atoms with Crippen LogP contribution in [0.4, 0.5) is 4.79 Å². The van der Waals surface area contributed by atoms with E-state index in [1.165, 1.54) is 4.88 Å². The van der Waals surface area contributed by atoms with Crippen LogP contribution in [0.2, 0.25) is 0 Å². The predicted molar refractivity (Wildman–Crippen MR) is 80.4 cm³/mol. The van der Waals surface area contributed by atoms with Crippen LogP contribution >= 0.6 is 11.3 Å². The summed E-state index contributed by atoms with van der Waals surface area (Å²) in [6, 6.07) is 4.60. The lowest BCUT2D eigenvalue weighted by molar-refractivity contribution is 0.121. The van der Waals surface area contributed by atoms with E-state index in [-0.39, 0.29) is 12.1 Å². The maximum absolute atomic E-state index is 12.6. The average molecular weight is 280 g/mol. The molecule has 0 aromatic carbocycles. The van der Waals surface area contributed by atoms with Gasteiger partial charge in [0.15, 0.2) is 0 Å². The predicted octanol–water partition coefficient (Wildman–Crippen LogP) is 3.81. The van der Waals surface area contributed by atoms with E-state index in [4.69, 9.17) is 0 Å². The van der Waals surface area contributed by atoms with Crippen LogP contribution in [0.5, 0.6) is 0 Å². The molecule has 1 aromatic rings. The monoisotopic (exact) mass is 280 g/mol. The number of thiophene rings is 1. The van der Waals surface area contributed by atoms with Gasteiger partial charge in [0, 0.05) is 24.0 Å². The van der Waals surface area contributed by atoms with Gasteiger partial charge in [-0.25, -0.2) is 4.79 Å². The molecule has 19 heavy (non-hydrogen) atoms. The third kappa shape index (κ3) is 3.72. The van der Waals surface area contributed by atoms with E-state index >= 15 is 0 Å². The van der Waals surface area contributed by atoms with Gasteiger partial charge in [-0.05, 0) is 44.1 Å². The van der Waals surface area contributed by atoms with Gasteiger partial charge in [-0.1, -0.05) is 13.0 Å². The molecule has 0 radical (unpaired) electrons. The van der Waals surface area contributed by atoms with Crippen molar-refractivity contribution in [1.29, 1.82) is 0 Å². The zero-order chi connectivity index (χ0) is 13.8. The smallest absolute Gasteiger partial charge is 0.320 e. The second-order valence-electron chi connectivity index (χ2n) is 5.75. The van der Waals surface area contributed by atoms with Gasteiger partial charge in [0.25, 0.3) is 0 Å². The number of likely N-dealkylation sites (tertiary alicyclic amines) is 1. The molecule has 0 bridgehead atoms. The highest BCUT2D eigenvalue weighted by atomic mass is 32.1. The second kappa shape index (κ2) is 6.42. The highest BCUT2D eigenvalue weighted by Gasteiger charge is 2.26. The standard InChI is InChI=1S/C15H24N2OS/c1-12(2)17(11-14-5-4-10-19-14)15(18)16-8-6-13(3)7-9-16/h4-5,10,12-13H,6-9,11H2,1-3H3. The number of amides is 2. The molecular weight excluding hydrogens is 256 g/mol. The average Bonchev–Trinajstić information content (AvgIpc) is 2.88. The van der Waals surface area contributed by atoms with Gasteiger partial charge in [0.1, 0.15) is 0 Å². The van der Waals surface area contributed by atoms with Crippen molar-refractivity contribution in [2.24, 2.45) is 5.92 Å². The fourth-order valence-corrected chi connectivity index (χ4v) is 3.13. The van der Waals surface area contributed by atoms with Crippen LogP contribution in [-0.4, -0.2) is 35.0 Å². The zero-order valence-corrected chi connectivity index (χ0v) is 12.9. The third-order valence-electron chi connectivity index (χ3n) is 3.83. The number of rotatable bonds is 3. The molecule has 2 rings (SSSR count). The van der Waals surface area contributed by atoms with Gasteiger partial charge >= 0.3 is 6.03 Å². The van der Waals surface area contributed by atoms with Gasteiger partial charge in [-0.15, -0.1) is 11.3 Å². The van der Waals surface area contributed by atoms with Crippen molar-refractivity contribution in [3.8, 4) is 0 Å². The van der Waals surface area contributed by atoms with Crippen molar-refractivity contribution >= 4 is 17.4 Å². The Kier molecular flexibility index (Phi) is 4.86. The van der Waals surface area contributed by atoms with Gasteiger partial charge in [-0.3, -0.25) is 0 Å². The van der Waals surface area contributed by atoms with Gasteiger partial charge in [0.2, 0.25) is 0 Å². The molecule has 0 unspecified atom stereocenters. The van der Waals surface area contributed by atoms with Crippen molar-refractivity contribution in [3.63, 3.8) is 0 Å². The number of hydrogen-bond acceptors (Lipinski definition) is 2. The lowest BCUT2D eigenvalue weighted by Gasteiger charge is -2.36. The maximum atomic E-state index is 12.6. The minimum Gasteiger partial charge on any atom is -0.325 e. The van der Waals surface area contributed by atoms with Crippen LogP contribution in [0, 0.1) is 5.92 Å². The summed E-state index contributed by atoms with van der Waals surface area (Å²) in [4.78, 5) is 17.9. The SMILES string of the molecule is CC1CCN(C(=O)N(Cc2cccs2)C(C)C)CC1. The summed E-state index contributed by atoms with van der Waals surface area (Å²) in [6.07, 6.45) is 2.27. The number of nitrogens with zero attached hydrogens (tertiary/aromatic N) is 2. The summed E-state index contributed by atoms with van der Waals surface area (Å²) >= 11 is 1.72. The van der Waals surface area contributed by atoms with Crippen LogP contribution in [0.15, 0.2) is 17.5 Å². The molecule has 0 N–H and O–H groups in total. The molecular formula is C15H24N2OS. The number of carbonyl (C=O) groups is 1. The highest BCUT2D eigenvalue weighted by molar-refractivity contribution is 7.09. The minimum absolute atomic E-state index is 0.204. The van der Waals surface area contributed by atoms with E-state index in [1.807, 2.05) is 15.9 Å². The summed E-state index contributed by atoms with van der Waals surface area (Å²) in [6.45, 7) is 9.02. The van der Waals surface area contributed by atoms with Gasteiger partial charge in [-0.2, -0.15) is 0 Å². The van der Waals surface area contributed by atoms with E-state index in [1.54, 1.807) is 11.3 Å². The van der Waals surface area contributed by atoms with Crippen molar-refractivity contribution in [3.05, 3.63) is 22.4 Å². The molecule has 106 valence electrons. The van der Waals surface area contributed by atoms with E-state index in [2.05, 4.69) is 32.2 Å². The van der Waals surface area contributed by atoms with Crippen LogP contribution < -0.4 is 0 Å². The summed E-state index contributed by atoms with van der Waals surface area (Å²) in [5, 5.41) is 2.07. The van der Waals surface area contributed by atoms with Crippen molar-refractivity contribution in [2.75, 3.05) is 13.1 Å². The van der Waals surface area contributed by atoms with Crippen LogP contribution in [0.3, 0.4) is 0 Å². The van der Waals surface area contributed by atoms with Crippen LogP contribution in [0.25, 0.3) is 0 Å². The molecule has 2 heterocycles. The van der Waals surface area contributed by atoms with Crippen LogP contribution in [0.1, 0.15) is 38.5 Å². The molecule has 0 atom stereocenters. The number of urea groups is 1. The Hall–Kier alpha value is -1.03. The molecule has 4 heteroatoms. The largest absolute Gasteiger partial charge is 0.325 e. The van der Waals surface area contributed by atoms with Crippen molar-refractivity contribution in [2.45, 2.75) is 46.2 Å². The quantitative estimate of drug-likeness (QED) is 0.826. The Morgan fingerprint density at radius 3 is 2.68 bits per heavy atom. The Labute approximate surface area is 120 Å². The Bertz CT molecular complexity index is 394. The summed E-state index contributed by atoms with van der Waals surface area (Å²) in [5.41, 5.74) is 0. The Morgan fingerprint density at radius 2 is 2.16 bits per heavy atom. The normalized spacial score (nSPS) is 16.9. The van der Waals surface area contributed by atoms with Crippen molar-refractivity contribution in [1.82, 2.24) is 9.80 Å². The molecule has 2 amide bonds. The first kappa shape index (κ1) is 14.4. The minimum atomic E-state index is 0.204. The lowest BCUT2D eigenvalue weighted by atomic mass is 9.99. The number of carbonyl (C=O) groups excluding carboxylic acids is 1. The first-order valence-corrected chi connectivity index (χ1v) is 8.04. The zero-order valence-electron chi connectivity index (χ0n) is 12.1. The second-order valence-corrected chi connectivity index (χ2v) is 6.79. The van der Waals surface area contributed by atoms with E-state index < -0.39 is 0 Å². The Morgan fingerprint density at radius 1 is 1.47 bits per heavy atom. The first-order chi connectivity index (χ1) is 9.08. The van der Waals surface area contributed by atoms with Crippen LogP contribution in [-0.2, 0) is 6.54 Å². The lowest BCUT2D eigenvalue weighted by Crippen LogP contribution is -2.48. The van der Waals surface area contributed by atoms with Gasteiger partial charge in [0.05, 0.1) is 6.54 Å². The topological polar surface area (TPSA) is 23.6 Å². The number of hydrogen-bond donors (Lipinski definition) is 0.